The van der Waals surface area contributed by atoms with Crippen LogP contribution < -0.4 is 5.32 Å². The van der Waals surface area contributed by atoms with Gasteiger partial charge in [0.15, 0.2) is 0 Å². The lowest BCUT2D eigenvalue weighted by molar-refractivity contribution is -0.0328. The molecule has 2 aliphatic rings. The Balaban J connectivity index is 1.65. The molecule has 7 nitrogen and oxygen atoms in total. The second-order valence-corrected chi connectivity index (χ2v) is 7.79. The van der Waals surface area contributed by atoms with Crippen LogP contribution in [0.1, 0.15) is 19.3 Å². The molecule has 2 atom stereocenters. The first-order valence-electron chi connectivity index (χ1n) is 7.10. The number of sulfonamides is 1. The van der Waals surface area contributed by atoms with Gasteiger partial charge in [0.2, 0.25) is 16.0 Å². The molecule has 2 saturated heterocycles. The van der Waals surface area contributed by atoms with Gasteiger partial charge in [0.1, 0.15) is 0 Å². The van der Waals surface area contributed by atoms with E-state index in [9.17, 15) is 8.42 Å². The van der Waals surface area contributed by atoms with Crippen molar-refractivity contribution < 1.29 is 13.2 Å². The number of anilines is 1. The number of hydrogen-bond donors (Lipinski definition) is 1. The zero-order valence-electron chi connectivity index (χ0n) is 12.0. The van der Waals surface area contributed by atoms with Gasteiger partial charge in [-0.1, -0.05) is 0 Å². The van der Waals surface area contributed by atoms with Crippen LogP contribution in [0.2, 0.25) is 0 Å². The average molecular weight is 312 g/mol. The molecule has 1 aromatic heterocycles. The van der Waals surface area contributed by atoms with Gasteiger partial charge in [0.25, 0.3) is 0 Å². The smallest absolute Gasteiger partial charge is 0.222 e. The van der Waals surface area contributed by atoms with Gasteiger partial charge in [-0.25, -0.2) is 18.4 Å². The van der Waals surface area contributed by atoms with Gasteiger partial charge in [-0.3, -0.25) is 0 Å². The highest BCUT2D eigenvalue weighted by Crippen LogP contribution is 2.36. The number of aromatic nitrogens is 2. The van der Waals surface area contributed by atoms with E-state index in [1.807, 2.05) is 0 Å². The molecule has 8 heteroatoms. The van der Waals surface area contributed by atoms with Crippen LogP contribution in [-0.4, -0.2) is 60.3 Å². The fourth-order valence-corrected chi connectivity index (χ4v) is 4.05. The van der Waals surface area contributed by atoms with Crippen molar-refractivity contribution in [1.29, 1.82) is 0 Å². The summed E-state index contributed by atoms with van der Waals surface area (Å²) in [6.07, 6.45) is 7.14. The Bertz CT molecular complexity index is 595. The third-order valence-electron chi connectivity index (χ3n) is 4.08. The lowest BCUT2D eigenvalue weighted by Gasteiger charge is -2.38. The summed E-state index contributed by atoms with van der Waals surface area (Å²) in [5.74, 6) is 0.582. The van der Waals surface area contributed by atoms with Crippen molar-refractivity contribution in [2.75, 3.05) is 31.3 Å². The average Bonchev–Trinajstić information content (AvgIpc) is 2.81. The van der Waals surface area contributed by atoms with Gasteiger partial charge in [0.05, 0.1) is 24.5 Å². The van der Waals surface area contributed by atoms with Crippen LogP contribution in [0.25, 0.3) is 0 Å². The third kappa shape index (κ3) is 3.33. The van der Waals surface area contributed by atoms with Crippen LogP contribution in [0, 0.1) is 0 Å². The van der Waals surface area contributed by atoms with Crippen LogP contribution in [0.15, 0.2) is 18.5 Å². The number of rotatable bonds is 3. The van der Waals surface area contributed by atoms with Gasteiger partial charge >= 0.3 is 0 Å². The topological polar surface area (TPSA) is 84.4 Å². The maximum Gasteiger partial charge on any atom is 0.222 e. The Morgan fingerprint density at radius 1 is 1.43 bits per heavy atom. The fourth-order valence-electron chi connectivity index (χ4n) is 3.12. The Morgan fingerprint density at radius 2 is 2.19 bits per heavy atom. The first kappa shape index (κ1) is 14.7. The molecular formula is C13H20N4O3S. The number of piperidine rings is 1. The predicted molar refractivity (Wildman–Crippen MR) is 78.4 cm³/mol. The van der Waals surface area contributed by atoms with Crippen molar-refractivity contribution in [3.63, 3.8) is 0 Å². The van der Waals surface area contributed by atoms with Gasteiger partial charge < -0.3 is 10.1 Å². The zero-order chi connectivity index (χ0) is 14.9. The lowest BCUT2D eigenvalue weighted by Crippen LogP contribution is -2.50. The van der Waals surface area contributed by atoms with E-state index in [-0.39, 0.29) is 11.6 Å². The van der Waals surface area contributed by atoms with Crippen molar-refractivity contribution in [2.45, 2.75) is 30.9 Å². The van der Waals surface area contributed by atoms with E-state index in [2.05, 4.69) is 15.3 Å². The standard InChI is InChI=1S/C13H20N4O3S/c1-21(18,19)17-7-2-4-13(10-17)8-11(9-20-13)16-12-14-5-3-6-15-12/h3,5-6,11H,2,4,7-10H2,1H3,(H,14,15,16)/t11-,13-/m0/s1. The van der Waals surface area contributed by atoms with Crippen LogP contribution in [-0.2, 0) is 14.8 Å². The second-order valence-electron chi connectivity index (χ2n) is 5.81. The molecular weight excluding hydrogens is 292 g/mol. The van der Waals surface area contributed by atoms with E-state index in [0.717, 1.165) is 19.3 Å². The summed E-state index contributed by atoms with van der Waals surface area (Å²) < 4.78 is 31.0. The summed E-state index contributed by atoms with van der Waals surface area (Å²) in [5, 5.41) is 3.25. The monoisotopic (exact) mass is 312 g/mol. The molecule has 0 aliphatic carbocycles. The predicted octanol–water partition coefficient (Wildman–Crippen LogP) is 0.472. The quantitative estimate of drug-likeness (QED) is 0.873. The Labute approximate surface area is 124 Å². The minimum atomic E-state index is -3.16. The maximum absolute atomic E-state index is 11.7. The molecule has 0 radical (unpaired) electrons. The van der Waals surface area contributed by atoms with Crippen LogP contribution in [0.3, 0.4) is 0 Å². The molecule has 0 unspecified atom stereocenters. The Kier molecular flexibility index (Phi) is 3.85. The molecule has 2 aliphatic heterocycles. The molecule has 3 rings (SSSR count). The summed E-state index contributed by atoms with van der Waals surface area (Å²) in [6, 6.07) is 1.88. The Morgan fingerprint density at radius 3 is 2.90 bits per heavy atom. The van der Waals surface area contributed by atoms with Crippen molar-refractivity contribution in [3.05, 3.63) is 18.5 Å². The molecule has 0 saturated carbocycles. The minimum Gasteiger partial charge on any atom is -0.371 e. The van der Waals surface area contributed by atoms with E-state index < -0.39 is 10.0 Å². The summed E-state index contributed by atoms with van der Waals surface area (Å²) in [5.41, 5.74) is -0.367. The molecule has 3 heterocycles. The number of ether oxygens (including phenoxy) is 1. The van der Waals surface area contributed by atoms with E-state index in [0.29, 0.717) is 25.6 Å². The van der Waals surface area contributed by atoms with Gasteiger partial charge in [-0.15, -0.1) is 0 Å². The SMILES string of the molecule is CS(=O)(=O)N1CCC[C@]2(C[C@H](Nc3ncccn3)CO2)C1. The first-order chi connectivity index (χ1) is 9.97. The molecule has 21 heavy (non-hydrogen) atoms. The van der Waals surface area contributed by atoms with E-state index in [4.69, 9.17) is 4.74 Å². The van der Waals surface area contributed by atoms with Gasteiger partial charge in [0, 0.05) is 31.9 Å². The highest BCUT2D eigenvalue weighted by atomic mass is 32.2. The molecule has 0 bridgehead atoms. The van der Waals surface area contributed by atoms with E-state index in [1.54, 1.807) is 18.5 Å². The summed E-state index contributed by atoms with van der Waals surface area (Å²) in [6.45, 7) is 1.58. The highest BCUT2D eigenvalue weighted by molar-refractivity contribution is 7.88. The lowest BCUT2D eigenvalue weighted by atomic mass is 9.90. The van der Waals surface area contributed by atoms with Crippen LogP contribution in [0.5, 0.6) is 0 Å². The molecule has 2 fully saturated rings. The van der Waals surface area contributed by atoms with Crippen molar-refractivity contribution in [3.8, 4) is 0 Å². The second kappa shape index (κ2) is 5.51. The zero-order valence-corrected chi connectivity index (χ0v) is 12.8. The fraction of sp³-hybridized carbons (Fsp3) is 0.692. The molecule has 0 amide bonds. The van der Waals surface area contributed by atoms with E-state index >= 15 is 0 Å². The maximum atomic E-state index is 11.7. The third-order valence-corrected chi connectivity index (χ3v) is 5.33. The number of nitrogens with one attached hydrogen (secondary N) is 1. The first-order valence-corrected chi connectivity index (χ1v) is 8.94. The van der Waals surface area contributed by atoms with E-state index in [1.165, 1.54) is 10.6 Å². The Hall–Kier alpha value is -1.25. The van der Waals surface area contributed by atoms with Crippen molar-refractivity contribution >= 4 is 16.0 Å². The van der Waals surface area contributed by atoms with Gasteiger partial charge in [-0.05, 0) is 18.9 Å². The molecule has 1 spiro atoms. The highest BCUT2D eigenvalue weighted by Gasteiger charge is 2.45. The van der Waals surface area contributed by atoms with Crippen LogP contribution in [0.4, 0.5) is 5.95 Å². The number of hydrogen-bond acceptors (Lipinski definition) is 6. The molecule has 116 valence electrons. The summed E-state index contributed by atoms with van der Waals surface area (Å²) in [4.78, 5) is 8.29. The van der Waals surface area contributed by atoms with Crippen molar-refractivity contribution in [2.24, 2.45) is 0 Å². The van der Waals surface area contributed by atoms with Crippen molar-refractivity contribution in [1.82, 2.24) is 14.3 Å². The van der Waals surface area contributed by atoms with Gasteiger partial charge in [-0.2, -0.15) is 4.31 Å². The molecule has 1 N–H and O–H groups in total. The summed E-state index contributed by atoms with van der Waals surface area (Å²) in [7, 11) is -3.16. The molecule has 0 aromatic carbocycles. The number of nitrogens with zero attached hydrogens (tertiary/aromatic N) is 3. The summed E-state index contributed by atoms with van der Waals surface area (Å²) >= 11 is 0. The van der Waals surface area contributed by atoms with Crippen LogP contribution >= 0.6 is 0 Å². The largest absolute Gasteiger partial charge is 0.371 e. The minimum absolute atomic E-state index is 0.118. The molecule has 1 aromatic rings. The normalized spacial score (nSPS) is 30.6.